The Balaban J connectivity index is 0.00000108. The Kier molecular flexibility index (Phi) is 11.4. The molecule has 0 aromatic carbocycles. The summed E-state index contributed by atoms with van der Waals surface area (Å²) in [6, 6.07) is 0. The highest BCUT2D eigenvalue weighted by Crippen LogP contribution is 2.19. The lowest BCUT2D eigenvalue weighted by Crippen LogP contribution is -2.62. The fraction of sp³-hybridized carbons (Fsp3) is 0.833. The second kappa shape index (κ2) is 12.0. The van der Waals surface area contributed by atoms with Crippen molar-refractivity contribution in [1.82, 2.24) is 15.1 Å². The van der Waals surface area contributed by atoms with E-state index < -0.39 is 48.7 Å². The van der Waals surface area contributed by atoms with Crippen LogP contribution in [0.2, 0.25) is 0 Å². The number of hydrogen-bond acceptors (Lipinski definition) is 9. The number of primary sulfonamides is 2. The van der Waals surface area contributed by atoms with Crippen molar-refractivity contribution in [3.05, 3.63) is 0 Å². The number of guanidine groups is 1. The summed E-state index contributed by atoms with van der Waals surface area (Å²) in [5.41, 5.74) is -1.52. The number of sulfonamides is 2. The van der Waals surface area contributed by atoms with Crippen molar-refractivity contribution in [2.24, 2.45) is 15.3 Å². The molecule has 5 N–H and O–H groups in total. The van der Waals surface area contributed by atoms with Crippen LogP contribution in [-0.2, 0) is 29.5 Å². The molecular formula is C18H37ClN6O8S2. The van der Waals surface area contributed by atoms with Gasteiger partial charge in [0.1, 0.15) is 16.5 Å². The number of amides is 2. The average molecular weight is 565 g/mol. The van der Waals surface area contributed by atoms with Gasteiger partial charge < -0.3 is 19.7 Å². The van der Waals surface area contributed by atoms with Crippen LogP contribution in [0.3, 0.4) is 0 Å². The molecule has 2 aliphatic rings. The van der Waals surface area contributed by atoms with Gasteiger partial charge in [0, 0.05) is 33.2 Å². The summed E-state index contributed by atoms with van der Waals surface area (Å²) in [5, 5.41) is 11.6. The van der Waals surface area contributed by atoms with E-state index in [4.69, 9.17) is 19.8 Å². The molecule has 0 spiro atoms. The predicted molar refractivity (Wildman–Crippen MR) is 133 cm³/mol. The van der Waals surface area contributed by atoms with Gasteiger partial charge in [-0.25, -0.2) is 36.7 Å². The Morgan fingerprint density at radius 1 is 0.914 bits per heavy atom. The molecule has 0 bridgehead atoms. The zero-order chi connectivity index (χ0) is 26.7. The molecule has 0 aromatic heterocycles. The molecule has 2 saturated heterocycles. The van der Waals surface area contributed by atoms with Crippen molar-refractivity contribution in [1.29, 1.82) is 0 Å². The average Bonchev–Trinajstić information content (AvgIpc) is 2.43. The van der Waals surface area contributed by atoms with Crippen molar-refractivity contribution in [2.75, 3.05) is 33.2 Å². The molecule has 0 atom stereocenters. The third-order valence-corrected chi connectivity index (χ3v) is 6.85. The number of halogens is 1. The number of carbonyl (C=O) groups is 2. The van der Waals surface area contributed by atoms with E-state index in [0.717, 1.165) is 4.90 Å². The first-order valence-corrected chi connectivity index (χ1v) is 13.6. The maximum atomic E-state index is 12.3. The van der Waals surface area contributed by atoms with Gasteiger partial charge in [-0.05, 0) is 41.5 Å². The van der Waals surface area contributed by atoms with Gasteiger partial charge in [0.2, 0.25) is 26.0 Å². The second-order valence-electron chi connectivity index (χ2n) is 9.92. The van der Waals surface area contributed by atoms with Crippen LogP contribution in [0.25, 0.3) is 0 Å². The van der Waals surface area contributed by atoms with E-state index in [0.29, 0.717) is 13.1 Å². The number of likely N-dealkylation sites (tertiary alicyclic amines) is 1. The fourth-order valence-corrected chi connectivity index (χ4v) is 3.92. The summed E-state index contributed by atoms with van der Waals surface area (Å²) in [4.78, 5) is 30.6. The number of rotatable bonds is 2. The summed E-state index contributed by atoms with van der Waals surface area (Å²) in [6.45, 7) is 11.2. The van der Waals surface area contributed by atoms with Crippen molar-refractivity contribution < 1.29 is 35.9 Å². The topological polar surface area (TPSA) is 204 Å². The molecular weight excluding hydrogens is 528 g/mol. The van der Waals surface area contributed by atoms with E-state index in [1.165, 1.54) is 11.9 Å². The van der Waals surface area contributed by atoms with Crippen molar-refractivity contribution in [3.63, 3.8) is 0 Å². The molecule has 0 saturated carbocycles. The molecule has 0 aliphatic carbocycles. The number of nitrogens with two attached hydrogens (primary N) is 2. The number of hydrogen-bond donors (Lipinski definition) is 3. The van der Waals surface area contributed by atoms with Gasteiger partial charge in [0.05, 0.1) is 5.25 Å². The number of ether oxygens (including phenoxy) is 2. The van der Waals surface area contributed by atoms with E-state index in [1.54, 1.807) is 41.5 Å². The van der Waals surface area contributed by atoms with Crippen LogP contribution >= 0.6 is 12.4 Å². The van der Waals surface area contributed by atoms with E-state index in [-0.39, 0.29) is 36.7 Å². The van der Waals surface area contributed by atoms with Gasteiger partial charge in [0.25, 0.3) is 0 Å². The van der Waals surface area contributed by atoms with Crippen molar-refractivity contribution >= 4 is 50.6 Å². The molecule has 2 rings (SSSR count). The molecule has 14 nitrogen and oxygen atoms in total. The molecule has 0 radical (unpaired) electrons. The van der Waals surface area contributed by atoms with E-state index in [2.05, 4.69) is 10.3 Å². The minimum atomic E-state index is -3.71. The second-order valence-corrected chi connectivity index (χ2v) is 13.6. The fourth-order valence-electron chi connectivity index (χ4n) is 2.44. The smallest absolute Gasteiger partial charge is 0.437 e. The highest BCUT2D eigenvalue weighted by molar-refractivity contribution is 7.90. The first-order chi connectivity index (χ1) is 15.1. The minimum absolute atomic E-state index is 0. The lowest BCUT2D eigenvalue weighted by molar-refractivity contribution is 0.0374. The quantitative estimate of drug-likeness (QED) is 0.297. The van der Waals surface area contributed by atoms with Crippen molar-refractivity contribution in [2.45, 2.75) is 63.2 Å². The standard InChI is InChI=1S/C15H28N4O6S.C3H8N2O2S.ClH/c1-14(2,3)24-12(20)17-11(18(7)13(21)25-15(4,5)6)19-8-10(9-19)26(16,22)23;4-8(6,7)3-1-5-2-3;/h10H,8-9H2,1-7H3,(H2,16,22,23);3,5H,1-2H2,(H2,4,6,7);1H. The van der Waals surface area contributed by atoms with Crippen LogP contribution in [0.5, 0.6) is 0 Å². The molecule has 2 fully saturated rings. The number of nitrogens with zero attached hydrogens (tertiary/aromatic N) is 3. The Morgan fingerprint density at radius 2 is 1.34 bits per heavy atom. The summed E-state index contributed by atoms with van der Waals surface area (Å²) in [5.74, 6) is -0.0617. The van der Waals surface area contributed by atoms with E-state index in [9.17, 15) is 26.4 Å². The molecule has 2 heterocycles. The van der Waals surface area contributed by atoms with E-state index >= 15 is 0 Å². The van der Waals surface area contributed by atoms with Crippen molar-refractivity contribution in [3.8, 4) is 0 Å². The van der Waals surface area contributed by atoms with Gasteiger partial charge in [-0.15, -0.1) is 17.4 Å². The van der Waals surface area contributed by atoms with Gasteiger partial charge in [0.15, 0.2) is 0 Å². The summed E-state index contributed by atoms with van der Waals surface area (Å²) in [7, 11) is -5.56. The third kappa shape index (κ3) is 11.7. The Bertz CT molecular complexity index is 995. The molecule has 35 heavy (non-hydrogen) atoms. The number of carbonyl (C=O) groups excluding carboxylic acids is 2. The molecule has 0 aromatic rings. The summed E-state index contributed by atoms with van der Waals surface area (Å²) >= 11 is 0. The molecule has 206 valence electrons. The van der Waals surface area contributed by atoms with Crippen LogP contribution in [0.15, 0.2) is 4.99 Å². The number of aliphatic imine (C=N–C) groups is 1. The highest BCUT2D eigenvalue weighted by atomic mass is 35.5. The zero-order valence-corrected chi connectivity index (χ0v) is 23.4. The molecule has 2 amide bonds. The first-order valence-electron chi connectivity index (χ1n) is 10.4. The van der Waals surface area contributed by atoms with Crippen LogP contribution in [0, 0.1) is 0 Å². The maximum Gasteiger partial charge on any atom is 0.437 e. The van der Waals surface area contributed by atoms with E-state index in [1.807, 2.05) is 0 Å². The molecule has 0 unspecified atom stereocenters. The zero-order valence-electron chi connectivity index (χ0n) is 21.0. The van der Waals surface area contributed by atoms with Gasteiger partial charge >= 0.3 is 12.2 Å². The van der Waals surface area contributed by atoms with Crippen LogP contribution < -0.4 is 15.6 Å². The molecule has 17 heteroatoms. The van der Waals surface area contributed by atoms with Crippen LogP contribution in [0.1, 0.15) is 41.5 Å². The number of nitrogens with one attached hydrogen (secondary N) is 1. The highest BCUT2D eigenvalue weighted by Gasteiger charge is 2.40. The Labute approximate surface area is 213 Å². The van der Waals surface area contributed by atoms with Gasteiger partial charge in [-0.1, -0.05) is 0 Å². The lowest BCUT2D eigenvalue weighted by Gasteiger charge is -2.41. The normalized spacial score (nSPS) is 17.6. The summed E-state index contributed by atoms with van der Waals surface area (Å²) in [6.07, 6.45) is -1.64. The monoisotopic (exact) mass is 564 g/mol. The third-order valence-electron chi connectivity index (χ3n) is 4.36. The van der Waals surface area contributed by atoms with Crippen LogP contribution in [-0.4, -0.2) is 99.7 Å². The summed E-state index contributed by atoms with van der Waals surface area (Å²) < 4.78 is 53.9. The largest absolute Gasteiger partial charge is 0.443 e. The Morgan fingerprint density at radius 3 is 1.63 bits per heavy atom. The Hall–Kier alpha value is -1.72. The molecule has 2 aliphatic heterocycles. The van der Waals surface area contributed by atoms with Crippen LogP contribution in [0.4, 0.5) is 9.59 Å². The van der Waals surface area contributed by atoms with Gasteiger partial charge in [-0.3, -0.25) is 4.90 Å². The maximum absolute atomic E-state index is 12.3. The SMILES string of the molecule is CN(C(=O)OC(C)(C)C)C(=NC(=O)OC(C)(C)C)N1CC(S(N)(=O)=O)C1.Cl.NS(=O)(=O)C1CNC1. The first kappa shape index (κ1) is 33.3. The predicted octanol–water partition coefficient (Wildman–Crippen LogP) is -0.214. The van der Waals surface area contributed by atoms with Gasteiger partial charge in [-0.2, -0.15) is 0 Å². The lowest BCUT2D eigenvalue weighted by atomic mass is 10.2. The minimum Gasteiger partial charge on any atom is -0.443 e.